The van der Waals surface area contributed by atoms with E-state index < -0.39 is 17.6 Å². The van der Waals surface area contributed by atoms with Crippen LogP contribution in [0.1, 0.15) is 41.3 Å². The quantitative estimate of drug-likeness (QED) is 0.466. The van der Waals surface area contributed by atoms with Crippen LogP contribution in [0.5, 0.6) is 0 Å². The average molecular weight is 390 g/mol. The minimum Gasteiger partial charge on any atom is -0.351 e. The molecule has 0 saturated heterocycles. The first-order valence-electron chi connectivity index (χ1n) is 9.23. The van der Waals surface area contributed by atoms with Gasteiger partial charge in [-0.15, -0.1) is 0 Å². The van der Waals surface area contributed by atoms with Gasteiger partial charge in [0.1, 0.15) is 23.3 Å². The summed E-state index contributed by atoms with van der Waals surface area (Å²) in [5.41, 5.74) is 1.56. The minimum absolute atomic E-state index is 0.111. The first-order valence-corrected chi connectivity index (χ1v) is 9.23. The Hall–Kier alpha value is -3.79. The zero-order chi connectivity index (χ0) is 20.8. The third-order valence-corrected chi connectivity index (χ3v) is 4.39. The number of nitrogens with one attached hydrogen (secondary N) is 2. The molecule has 0 aromatic heterocycles. The number of unbranched alkanes of at least 4 members (excludes halogenated alkanes) is 1. The predicted molar refractivity (Wildman–Crippen MR) is 107 cm³/mol. The fourth-order valence-corrected chi connectivity index (χ4v) is 2.87. The molecule has 2 N–H and O–H groups in total. The van der Waals surface area contributed by atoms with Crippen molar-refractivity contribution < 1.29 is 14.0 Å². The van der Waals surface area contributed by atoms with Crippen LogP contribution in [0.15, 0.2) is 59.1 Å². The fourth-order valence-electron chi connectivity index (χ4n) is 2.87. The number of carbonyl (C=O) groups excluding carboxylic acids is 2. The molecule has 0 atom stereocenters. The van der Waals surface area contributed by atoms with Gasteiger partial charge in [0.15, 0.2) is 0 Å². The lowest BCUT2D eigenvalue weighted by Gasteiger charge is -2.06. The first kappa shape index (κ1) is 20.0. The van der Waals surface area contributed by atoms with Crippen molar-refractivity contribution in [1.29, 1.82) is 5.26 Å². The molecule has 6 nitrogen and oxygen atoms in total. The van der Waals surface area contributed by atoms with Gasteiger partial charge in [-0.3, -0.25) is 9.59 Å². The summed E-state index contributed by atoms with van der Waals surface area (Å²) in [6, 6.07) is 14.1. The third kappa shape index (κ3) is 4.38. The molecule has 146 valence electrons. The van der Waals surface area contributed by atoms with Crippen LogP contribution in [0, 0.1) is 17.1 Å². The van der Waals surface area contributed by atoms with Crippen molar-refractivity contribution >= 4 is 23.3 Å². The highest BCUT2D eigenvalue weighted by Gasteiger charge is 2.27. The van der Waals surface area contributed by atoms with Gasteiger partial charge in [-0.2, -0.15) is 5.26 Å². The Balaban J connectivity index is 1.94. The molecule has 2 amide bonds. The Bertz CT molecular complexity index is 1050. The average Bonchev–Trinajstić information content (AvgIpc) is 3.07. The molecule has 7 heteroatoms. The van der Waals surface area contributed by atoms with E-state index in [1.54, 1.807) is 24.3 Å². The van der Waals surface area contributed by atoms with Gasteiger partial charge in [-0.05, 0) is 30.7 Å². The Morgan fingerprint density at radius 2 is 1.79 bits per heavy atom. The SMILES string of the molecule is CCCCNC(=O)C(C#N)=C1N=C(NC(=O)c2ccc(F)cc2)c2ccccc21. The number of carbonyl (C=O) groups is 2. The monoisotopic (exact) mass is 390 g/mol. The Morgan fingerprint density at radius 3 is 2.45 bits per heavy atom. The summed E-state index contributed by atoms with van der Waals surface area (Å²) in [7, 11) is 0. The van der Waals surface area contributed by atoms with Crippen LogP contribution in [0.25, 0.3) is 5.70 Å². The maximum absolute atomic E-state index is 13.1. The van der Waals surface area contributed by atoms with E-state index in [-0.39, 0.29) is 22.7 Å². The van der Waals surface area contributed by atoms with Crippen LogP contribution in [0.3, 0.4) is 0 Å². The summed E-state index contributed by atoms with van der Waals surface area (Å²) >= 11 is 0. The van der Waals surface area contributed by atoms with Gasteiger partial charge >= 0.3 is 0 Å². The van der Waals surface area contributed by atoms with Gasteiger partial charge in [0.2, 0.25) is 0 Å². The van der Waals surface area contributed by atoms with Crippen molar-refractivity contribution in [2.75, 3.05) is 6.54 Å². The number of hydrogen-bond donors (Lipinski definition) is 2. The zero-order valence-electron chi connectivity index (χ0n) is 15.8. The Kier molecular flexibility index (Phi) is 6.15. The molecule has 2 aromatic carbocycles. The predicted octanol–water partition coefficient (Wildman–Crippen LogP) is 3.17. The molecule has 0 unspecified atom stereocenters. The van der Waals surface area contributed by atoms with E-state index in [4.69, 9.17) is 0 Å². The molecule has 1 heterocycles. The second-order valence-corrected chi connectivity index (χ2v) is 6.41. The maximum atomic E-state index is 13.1. The summed E-state index contributed by atoms with van der Waals surface area (Å²) in [4.78, 5) is 29.3. The number of nitrogens with zero attached hydrogens (tertiary/aromatic N) is 2. The molecule has 0 aliphatic carbocycles. The van der Waals surface area contributed by atoms with E-state index in [0.29, 0.717) is 17.7 Å². The van der Waals surface area contributed by atoms with E-state index in [0.717, 1.165) is 12.8 Å². The molecular weight excluding hydrogens is 371 g/mol. The van der Waals surface area contributed by atoms with Crippen molar-refractivity contribution in [2.24, 2.45) is 4.99 Å². The van der Waals surface area contributed by atoms with Crippen molar-refractivity contribution in [3.8, 4) is 6.07 Å². The molecule has 0 saturated carbocycles. The number of amidine groups is 1. The normalized spacial score (nSPS) is 13.8. The van der Waals surface area contributed by atoms with Crippen LogP contribution in [-0.4, -0.2) is 24.2 Å². The molecule has 0 spiro atoms. The van der Waals surface area contributed by atoms with E-state index >= 15 is 0 Å². The molecule has 2 aromatic rings. The van der Waals surface area contributed by atoms with Crippen LogP contribution in [-0.2, 0) is 4.79 Å². The van der Waals surface area contributed by atoms with E-state index in [1.165, 1.54) is 24.3 Å². The zero-order valence-corrected chi connectivity index (χ0v) is 15.8. The molecule has 0 bridgehead atoms. The number of hydrogen-bond acceptors (Lipinski definition) is 4. The van der Waals surface area contributed by atoms with Crippen molar-refractivity contribution in [2.45, 2.75) is 19.8 Å². The number of nitriles is 1. The van der Waals surface area contributed by atoms with Gasteiger partial charge in [-0.1, -0.05) is 37.6 Å². The minimum atomic E-state index is -0.499. The van der Waals surface area contributed by atoms with Crippen molar-refractivity contribution in [3.05, 3.63) is 76.6 Å². The van der Waals surface area contributed by atoms with Gasteiger partial charge in [0.05, 0.1) is 5.70 Å². The summed E-state index contributed by atoms with van der Waals surface area (Å²) in [6.45, 7) is 2.47. The Labute approximate surface area is 167 Å². The van der Waals surface area contributed by atoms with E-state index in [9.17, 15) is 19.2 Å². The number of amides is 2. The molecule has 0 fully saturated rings. The summed E-state index contributed by atoms with van der Waals surface area (Å²) < 4.78 is 13.1. The topological polar surface area (TPSA) is 94.3 Å². The van der Waals surface area contributed by atoms with Gasteiger partial charge in [0.25, 0.3) is 11.8 Å². The molecular formula is C22H19FN4O2. The summed E-state index contributed by atoms with van der Waals surface area (Å²) in [5, 5.41) is 15.0. The lowest BCUT2D eigenvalue weighted by Crippen LogP contribution is -2.30. The van der Waals surface area contributed by atoms with Crippen LogP contribution >= 0.6 is 0 Å². The molecule has 1 aliphatic rings. The second-order valence-electron chi connectivity index (χ2n) is 6.41. The number of aliphatic imine (C=N–C) groups is 1. The smallest absolute Gasteiger partial charge is 0.264 e. The fraction of sp³-hybridized carbons (Fsp3) is 0.182. The van der Waals surface area contributed by atoms with Gasteiger partial charge < -0.3 is 10.6 Å². The number of rotatable bonds is 5. The number of fused-ring (bicyclic) bond motifs is 1. The first-order chi connectivity index (χ1) is 14.0. The van der Waals surface area contributed by atoms with Gasteiger partial charge in [0, 0.05) is 23.2 Å². The number of benzene rings is 2. The maximum Gasteiger partial charge on any atom is 0.264 e. The van der Waals surface area contributed by atoms with Crippen LogP contribution < -0.4 is 10.6 Å². The molecule has 0 radical (unpaired) electrons. The second kappa shape index (κ2) is 8.93. The van der Waals surface area contributed by atoms with E-state index in [2.05, 4.69) is 15.6 Å². The molecule has 29 heavy (non-hydrogen) atoms. The lowest BCUT2D eigenvalue weighted by atomic mass is 10.0. The highest BCUT2D eigenvalue weighted by Crippen LogP contribution is 2.30. The standard InChI is InChI=1S/C22H19FN4O2/c1-2-3-12-25-22(29)18(13-24)19-16-6-4-5-7-17(16)20(26-19)27-21(28)14-8-10-15(23)11-9-14/h4-11H,2-3,12H2,1H3,(H,25,29)(H,26,27,28). The van der Waals surface area contributed by atoms with Crippen molar-refractivity contribution in [3.63, 3.8) is 0 Å². The highest BCUT2D eigenvalue weighted by molar-refractivity contribution is 6.20. The highest BCUT2D eigenvalue weighted by atomic mass is 19.1. The lowest BCUT2D eigenvalue weighted by molar-refractivity contribution is -0.117. The van der Waals surface area contributed by atoms with Crippen LogP contribution in [0.2, 0.25) is 0 Å². The van der Waals surface area contributed by atoms with Gasteiger partial charge in [-0.25, -0.2) is 9.38 Å². The van der Waals surface area contributed by atoms with Crippen molar-refractivity contribution in [1.82, 2.24) is 10.6 Å². The molecule has 3 rings (SSSR count). The number of halogens is 1. The van der Waals surface area contributed by atoms with Crippen LogP contribution in [0.4, 0.5) is 4.39 Å². The van der Waals surface area contributed by atoms with E-state index in [1.807, 2.05) is 13.0 Å². The molecule has 1 aliphatic heterocycles. The Morgan fingerprint density at radius 1 is 1.10 bits per heavy atom. The summed E-state index contributed by atoms with van der Waals surface area (Å²) in [6.07, 6.45) is 1.72. The third-order valence-electron chi connectivity index (χ3n) is 4.39. The largest absolute Gasteiger partial charge is 0.351 e. The summed E-state index contributed by atoms with van der Waals surface area (Å²) in [5.74, 6) is -1.17.